The number of nitrogens with zero attached hydrogens (tertiary/aromatic N) is 3. The quantitative estimate of drug-likeness (QED) is 0.792. The van der Waals surface area contributed by atoms with Gasteiger partial charge in [0.1, 0.15) is 11.9 Å². The third kappa shape index (κ3) is 1.66. The number of rotatable bonds is 1. The minimum atomic E-state index is 0.624. The van der Waals surface area contributed by atoms with E-state index < -0.39 is 0 Å². The van der Waals surface area contributed by atoms with Crippen molar-refractivity contribution >= 4 is 15.9 Å². The zero-order valence-electron chi connectivity index (χ0n) is 8.11. The van der Waals surface area contributed by atoms with Crippen LogP contribution in [0, 0.1) is 18.3 Å². The van der Waals surface area contributed by atoms with Crippen molar-refractivity contribution in [3.63, 3.8) is 0 Å². The third-order valence-electron chi connectivity index (χ3n) is 2.19. The Labute approximate surface area is 96.1 Å². The Hall–Kier alpha value is -1.60. The van der Waals surface area contributed by atoms with Crippen molar-refractivity contribution in [2.75, 3.05) is 0 Å². The first-order valence-corrected chi connectivity index (χ1v) is 5.22. The van der Waals surface area contributed by atoms with Crippen LogP contribution in [0.1, 0.15) is 11.4 Å². The Morgan fingerprint density at radius 3 is 2.87 bits per heavy atom. The van der Waals surface area contributed by atoms with Gasteiger partial charge < -0.3 is 4.57 Å². The van der Waals surface area contributed by atoms with Gasteiger partial charge in [-0.3, -0.25) is 0 Å². The fourth-order valence-corrected chi connectivity index (χ4v) is 1.90. The molecule has 0 bridgehead atoms. The number of hydrogen-bond acceptors (Lipinski definition) is 2. The van der Waals surface area contributed by atoms with Gasteiger partial charge in [0.05, 0.1) is 11.3 Å². The molecule has 0 saturated carbocycles. The summed E-state index contributed by atoms with van der Waals surface area (Å²) in [7, 11) is 0. The topological polar surface area (TPSA) is 41.6 Å². The molecule has 2 aromatic rings. The van der Waals surface area contributed by atoms with Crippen molar-refractivity contribution in [3.05, 3.63) is 46.5 Å². The van der Waals surface area contributed by atoms with Crippen molar-refractivity contribution in [1.82, 2.24) is 9.55 Å². The van der Waals surface area contributed by atoms with E-state index in [0.29, 0.717) is 5.56 Å². The molecule has 0 aliphatic carbocycles. The molecule has 0 N–H and O–H groups in total. The molecule has 15 heavy (non-hydrogen) atoms. The van der Waals surface area contributed by atoms with E-state index >= 15 is 0 Å². The number of aryl methyl sites for hydroxylation is 1. The van der Waals surface area contributed by atoms with Gasteiger partial charge in [-0.2, -0.15) is 5.26 Å². The number of aromatic nitrogens is 2. The Kier molecular flexibility index (Phi) is 2.57. The Balaban J connectivity index is 2.70. The molecule has 0 amide bonds. The highest BCUT2D eigenvalue weighted by atomic mass is 79.9. The first kappa shape index (κ1) is 9.94. The number of imidazole rings is 1. The molecule has 1 aromatic heterocycles. The van der Waals surface area contributed by atoms with Gasteiger partial charge in [-0.15, -0.1) is 0 Å². The van der Waals surface area contributed by atoms with E-state index in [2.05, 4.69) is 27.0 Å². The summed E-state index contributed by atoms with van der Waals surface area (Å²) >= 11 is 3.36. The van der Waals surface area contributed by atoms with Crippen LogP contribution in [0.4, 0.5) is 0 Å². The van der Waals surface area contributed by atoms with Crippen LogP contribution in [0.15, 0.2) is 35.1 Å². The summed E-state index contributed by atoms with van der Waals surface area (Å²) in [5.41, 5.74) is 1.47. The van der Waals surface area contributed by atoms with Crippen molar-refractivity contribution in [1.29, 1.82) is 5.26 Å². The first-order chi connectivity index (χ1) is 7.24. The van der Waals surface area contributed by atoms with Crippen LogP contribution < -0.4 is 0 Å². The van der Waals surface area contributed by atoms with Gasteiger partial charge in [0.25, 0.3) is 0 Å². The van der Waals surface area contributed by atoms with E-state index in [9.17, 15) is 0 Å². The number of halogens is 1. The fraction of sp³-hybridized carbons (Fsp3) is 0.0909. The average molecular weight is 262 g/mol. The molecule has 0 saturated heterocycles. The van der Waals surface area contributed by atoms with Crippen LogP contribution in [0.5, 0.6) is 0 Å². The summed E-state index contributed by atoms with van der Waals surface area (Å²) in [6.45, 7) is 1.90. The van der Waals surface area contributed by atoms with Crippen LogP contribution in [0.2, 0.25) is 0 Å². The summed E-state index contributed by atoms with van der Waals surface area (Å²) in [5.74, 6) is 0.865. The van der Waals surface area contributed by atoms with E-state index in [-0.39, 0.29) is 0 Å². The second kappa shape index (κ2) is 3.87. The zero-order valence-corrected chi connectivity index (χ0v) is 9.69. The fourth-order valence-electron chi connectivity index (χ4n) is 1.46. The number of hydrogen-bond donors (Lipinski definition) is 0. The van der Waals surface area contributed by atoms with E-state index in [1.54, 1.807) is 6.20 Å². The lowest BCUT2D eigenvalue weighted by atomic mass is 10.2. The van der Waals surface area contributed by atoms with Crippen LogP contribution in [-0.2, 0) is 0 Å². The molecule has 0 radical (unpaired) electrons. The summed E-state index contributed by atoms with van der Waals surface area (Å²) in [6, 6.07) is 7.84. The molecule has 4 heteroatoms. The van der Waals surface area contributed by atoms with Crippen molar-refractivity contribution in [2.45, 2.75) is 6.92 Å². The minimum absolute atomic E-state index is 0.624. The standard InChI is InChI=1S/C11H8BrN3/c1-8-14-5-6-15(8)11-4-2-3-10(12)9(11)7-13/h2-6H,1H3. The minimum Gasteiger partial charge on any atom is -0.303 e. The molecule has 74 valence electrons. The molecule has 0 atom stereocenters. The van der Waals surface area contributed by atoms with Crippen molar-refractivity contribution in [3.8, 4) is 11.8 Å². The lowest BCUT2D eigenvalue weighted by molar-refractivity contribution is 0.969. The van der Waals surface area contributed by atoms with Crippen molar-refractivity contribution in [2.24, 2.45) is 0 Å². The molecule has 1 aromatic carbocycles. The summed E-state index contributed by atoms with van der Waals surface area (Å²) < 4.78 is 2.69. The predicted octanol–water partition coefficient (Wildman–Crippen LogP) is 2.81. The second-order valence-electron chi connectivity index (χ2n) is 3.09. The highest BCUT2D eigenvalue weighted by Gasteiger charge is 2.08. The molecule has 2 rings (SSSR count). The van der Waals surface area contributed by atoms with Crippen LogP contribution in [0.3, 0.4) is 0 Å². The zero-order chi connectivity index (χ0) is 10.8. The summed E-state index contributed by atoms with van der Waals surface area (Å²) in [4.78, 5) is 4.14. The molecule has 0 aliphatic rings. The lowest BCUT2D eigenvalue weighted by Crippen LogP contribution is -1.99. The summed E-state index contributed by atoms with van der Waals surface area (Å²) in [6.07, 6.45) is 3.56. The highest BCUT2D eigenvalue weighted by Crippen LogP contribution is 2.23. The van der Waals surface area contributed by atoms with Crippen LogP contribution >= 0.6 is 15.9 Å². The maximum Gasteiger partial charge on any atom is 0.110 e. The Bertz CT molecular complexity index is 537. The molecule has 1 heterocycles. The van der Waals surface area contributed by atoms with Gasteiger partial charge in [0.2, 0.25) is 0 Å². The summed E-state index contributed by atoms with van der Waals surface area (Å²) in [5, 5.41) is 9.08. The Morgan fingerprint density at radius 1 is 1.47 bits per heavy atom. The normalized spacial score (nSPS) is 9.93. The van der Waals surface area contributed by atoms with Gasteiger partial charge in [0, 0.05) is 16.9 Å². The van der Waals surface area contributed by atoms with Crippen LogP contribution in [0.25, 0.3) is 5.69 Å². The van der Waals surface area contributed by atoms with E-state index in [1.165, 1.54) is 0 Å². The smallest absolute Gasteiger partial charge is 0.110 e. The maximum absolute atomic E-state index is 9.08. The number of nitriles is 1. The van der Waals surface area contributed by atoms with Gasteiger partial charge in [-0.1, -0.05) is 6.07 Å². The molecule has 0 aliphatic heterocycles. The van der Waals surface area contributed by atoms with Crippen LogP contribution in [-0.4, -0.2) is 9.55 Å². The third-order valence-corrected chi connectivity index (χ3v) is 2.85. The van der Waals surface area contributed by atoms with Gasteiger partial charge in [-0.25, -0.2) is 4.98 Å². The average Bonchev–Trinajstić information content (AvgIpc) is 2.64. The van der Waals surface area contributed by atoms with E-state index in [4.69, 9.17) is 5.26 Å². The highest BCUT2D eigenvalue weighted by molar-refractivity contribution is 9.10. The largest absolute Gasteiger partial charge is 0.303 e. The molecule has 3 nitrogen and oxygen atoms in total. The molecular formula is C11H8BrN3. The monoisotopic (exact) mass is 261 g/mol. The SMILES string of the molecule is Cc1nccn1-c1cccc(Br)c1C#N. The Morgan fingerprint density at radius 2 is 2.27 bits per heavy atom. The van der Waals surface area contributed by atoms with Gasteiger partial charge in [0.15, 0.2) is 0 Å². The van der Waals surface area contributed by atoms with E-state index in [0.717, 1.165) is 16.0 Å². The van der Waals surface area contributed by atoms with Gasteiger partial charge in [-0.05, 0) is 35.0 Å². The first-order valence-electron chi connectivity index (χ1n) is 4.43. The van der Waals surface area contributed by atoms with E-state index in [1.807, 2.05) is 35.9 Å². The molecule has 0 spiro atoms. The molecule has 0 unspecified atom stereocenters. The van der Waals surface area contributed by atoms with Crippen molar-refractivity contribution < 1.29 is 0 Å². The maximum atomic E-state index is 9.08. The predicted molar refractivity (Wildman–Crippen MR) is 60.7 cm³/mol. The second-order valence-corrected chi connectivity index (χ2v) is 3.94. The lowest BCUT2D eigenvalue weighted by Gasteiger charge is -2.07. The molecular weight excluding hydrogens is 254 g/mol. The number of benzene rings is 1. The van der Waals surface area contributed by atoms with Gasteiger partial charge >= 0.3 is 0 Å². The molecule has 0 fully saturated rings.